The molecule has 1 aliphatic carbocycles. The van der Waals surface area contributed by atoms with Gasteiger partial charge in [0, 0.05) is 18.6 Å². The summed E-state index contributed by atoms with van der Waals surface area (Å²) in [5, 5.41) is 0. The Labute approximate surface area is 97.2 Å². The quantitative estimate of drug-likeness (QED) is 0.579. The molecule has 0 aromatic heterocycles. The van der Waals surface area contributed by atoms with Crippen molar-refractivity contribution in [2.75, 3.05) is 13.1 Å². The second kappa shape index (κ2) is 5.89. The standard InChI is InChI=1S/C10H19N.2C2H6/c1-9(2,3)11-7-10(8-11)5-4-6-10;2*1-2/h4-8H2,1-3H3;2*1-2H3. The summed E-state index contributed by atoms with van der Waals surface area (Å²) in [4.78, 5) is 2.60. The van der Waals surface area contributed by atoms with Gasteiger partial charge in [-0.05, 0) is 39.0 Å². The molecule has 1 nitrogen and oxygen atoms in total. The molecule has 0 bridgehead atoms. The van der Waals surface area contributed by atoms with Crippen molar-refractivity contribution in [3.63, 3.8) is 0 Å². The van der Waals surface area contributed by atoms with Crippen molar-refractivity contribution in [1.82, 2.24) is 4.90 Å². The third kappa shape index (κ3) is 3.48. The van der Waals surface area contributed by atoms with Gasteiger partial charge in [0.25, 0.3) is 0 Å². The van der Waals surface area contributed by atoms with Crippen molar-refractivity contribution in [2.24, 2.45) is 5.41 Å². The molecular formula is C14H31N. The average Bonchev–Trinajstić information content (AvgIpc) is 2.04. The fraction of sp³-hybridized carbons (Fsp3) is 1.00. The summed E-state index contributed by atoms with van der Waals surface area (Å²) >= 11 is 0. The van der Waals surface area contributed by atoms with Crippen molar-refractivity contribution in [2.45, 2.75) is 73.3 Å². The number of hydrogen-bond acceptors (Lipinski definition) is 1. The van der Waals surface area contributed by atoms with Crippen LogP contribution in [0.1, 0.15) is 67.7 Å². The third-order valence-electron chi connectivity index (χ3n) is 3.42. The molecule has 1 heteroatoms. The van der Waals surface area contributed by atoms with Gasteiger partial charge in [0.1, 0.15) is 0 Å². The van der Waals surface area contributed by atoms with Gasteiger partial charge in [0.05, 0.1) is 0 Å². The van der Waals surface area contributed by atoms with Crippen LogP contribution < -0.4 is 0 Å². The predicted octanol–water partition coefficient (Wildman–Crippen LogP) is 4.32. The summed E-state index contributed by atoms with van der Waals surface area (Å²) in [6.07, 6.45) is 4.48. The zero-order chi connectivity index (χ0) is 12.1. The first-order valence-corrected chi connectivity index (χ1v) is 6.77. The van der Waals surface area contributed by atoms with Crippen LogP contribution in [0.5, 0.6) is 0 Å². The van der Waals surface area contributed by atoms with E-state index in [1.54, 1.807) is 0 Å². The van der Waals surface area contributed by atoms with Gasteiger partial charge in [-0.15, -0.1) is 0 Å². The van der Waals surface area contributed by atoms with Crippen molar-refractivity contribution < 1.29 is 0 Å². The van der Waals surface area contributed by atoms with E-state index in [1.807, 2.05) is 27.7 Å². The zero-order valence-corrected chi connectivity index (χ0v) is 12.0. The van der Waals surface area contributed by atoms with Crippen LogP contribution in [0.4, 0.5) is 0 Å². The van der Waals surface area contributed by atoms with Crippen LogP contribution in [0.2, 0.25) is 0 Å². The van der Waals surface area contributed by atoms with Gasteiger partial charge in [-0.3, -0.25) is 4.90 Å². The molecule has 1 aliphatic heterocycles. The predicted molar refractivity (Wildman–Crippen MR) is 70.3 cm³/mol. The van der Waals surface area contributed by atoms with E-state index in [0.717, 1.165) is 5.41 Å². The maximum atomic E-state index is 2.60. The zero-order valence-electron chi connectivity index (χ0n) is 12.0. The largest absolute Gasteiger partial charge is 0.297 e. The smallest absolute Gasteiger partial charge is 0.0125 e. The van der Waals surface area contributed by atoms with Gasteiger partial charge in [-0.2, -0.15) is 0 Å². The molecule has 0 amide bonds. The van der Waals surface area contributed by atoms with E-state index in [9.17, 15) is 0 Å². The summed E-state index contributed by atoms with van der Waals surface area (Å²) < 4.78 is 0. The lowest BCUT2D eigenvalue weighted by Gasteiger charge is -2.60. The highest BCUT2D eigenvalue weighted by Crippen LogP contribution is 2.49. The fourth-order valence-corrected chi connectivity index (χ4v) is 2.23. The van der Waals surface area contributed by atoms with Gasteiger partial charge in [-0.25, -0.2) is 0 Å². The Morgan fingerprint density at radius 2 is 1.27 bits per heavy atom. The minimum atomic E-state index is 0.418. The van der Waals surface area contributed by atoms with Crippen LogP contribution in [0.25, 0.3) is 0 Å². The van der Waals surface area contributed by atoms with Crippen LogP contribution in [-0.2, 0) is 0 Å². The first kappa shape index (κ1) is 15.0. The highest BCUT2D eigenvalue weighted by molar-refractivity contribution is 5.03. The van der Waals surface area contributed by atoms with Crippen LogP contribution >= 0.6 is 0 Å². The monoisotopic (exact) mass is 213 g/mol. The second-order valence-electron chi connectivity index (χ2n) is 5.38. The Balaban J connectivity index is 0.000000442. The van der Waals surface area contributed by atoms with E-state index >= 15 is 0 Å². The Hall–Kier alpha value is -0.0400. The summed E-state index contributed by atoms with van der Waals surface area (Å²) in [6, 6.07) is 0. The van der Waals surface area contributed by atoms with Crippen LogP contribution in [0.3, 0.4) is 0 Å². The van der Waals surface area contributed by atoms with E-state index in [1.165, 1.54) is 32.4 Å². The van der Waals surface area contributed by atoms with E-state index in [-0.39, 0.29) is 0 Å². The molecule has 1 saturated heterocycles. The Morgan fingerprint density at radius 3 is 1.47 bits per heavy atom. The van der Waals surface area contributed by atoms with Crippen molar-refractivity contribution in [3.8, 4) is 0 Å². The lowest BCUT2D eigenvalue weighted by atomic mass is 9.62. The van der Waals surface area contributed by atoms with Gasteiger partial charge in [0.15, 0.2) is 0 Å². The Kier molecular flexibility index (Phi) is 5.87. The fourth-order valence-electron chi connectivity index (χ4n) is 2.23. The maximum Gasteiger partial charge on any atom is 0.0125 e. The summed E-state index contributed by atoms with van der Waals surface area (Å²) in [5.74, 6) is 0. The Bertz CT molecular complexity index is 155. The van der Waals surface area contributed by atoms with Crippen molar-refractivity contribution in [3.05, 3.63) is 0 Å². The second-order valence-corrected chi connectivity index (χ2v) is 5.38. The van der Waals surface area contributed by atoms with E-state index in [4.69, 9.17) is 0 Å². The van der Waals surface area contributed by atoms with Crippen molar-refractivity contribution in [1.29, 1.82) is 0 Å². The topological polar surface area (TPSA) is 3.24 Å². The summed E-state index contributed by atoms with van der Waals surface area (Å²) in [6.45, 7) is 17.7. The maximum absolute atomic E-state index is 2.60. The summed E-state index contributed by atoms with van der Waals surface area (Å²) in [7, 11) is 0. The molecule has 92 valence electrons. The lowest BCUT2D eigenvalue weighted by molar-refractivity contribution is -0.104. The molecule has 2 fully saturated rings. The number of hydrogen-bond donors (Lipinski definition) is 0. The first-order chi connectivity index (χ1) is 7.02. The summed E-state index contributed by atoms with van der Waals surface area (Å²) in [5.41, 5.74) is 1.22. The van der Waals surface area contributed by atoms with Crippen molar-refractivity contribution >= 4 is 0 Å². The molecule has 2 aliphatic rings. The SMILES string of the molecule is CC.CC.CC(C)(C)N1CC2(CCC2)C1. The molecule has 15 heavy (non-hydrogen) atoms. The molecular weight excluding hydrogens is 182 g/mol. The normalized spacial score (nSPS) is 22.6. The molecule has 1 heterocycles. The molecule has 1 spiro atoms. The van der Waals surface area contributed by atoms with Gasteiger partial charge < -0.3 is 0 Å². The van der Waals surface area contributed by atoms with E-state index in [0.29, 0.717) is 5.54 Å². The Morgan fingerprint density at radius 1 is 0.867 bits per heavy atom. The molecule has 0 N–H and O–H groups in total. The molecule has 1 saturated carbocycles. The van der Waals surface area contributed by atoms with E-state index in [2.05, 4.69) is 25.7 Å². The van der Waals surface area contributed by atoms with Crippen LogP contribution in [0, 0.1) is 5.41 Å². The molecule has 0 radical (unpaired) electrons. The van der Waals surface area contributed by atoms with Crippen LogP contribution in [-0.4, -0.2) is 23.5 Å². The number of nitrogens with zero attached hydrogens (tertiary/aromatic N) is 1. The minimum Gasteiger partial charge on any atom is -0.297 e. The third-order valence-corrected chi connectivity index (χ3v) is 3.42. The van der Waals surface area contributed by atoms with Gasteiger partial charge in [-0.1, -0.05) is 34.1 Å². The number of rotatable bonds is 0. The molecule has 0 aromatic rings. The molecule has 0 aromatic carbocycles. The molecule has 2 rings (SSSR count). The van der Waals surface area contributed by atoms with E-state index < -0.39 is 0 Å². The number of likely N-dealkylation sites (tertiary alicyclic amines) is 1. The average molecular weight is 213 g/mol. The van der Waals surface area contributed by atoms with Gasteiger partial charge in [0.2, 0.25) is 0 Å². The first-order valence-electron chi connectivity index (χ1n) is 6.77. The van der Waals surface area contributed by atoms with Gasteiger partial charge >= 0.3 is 0 Å². The highest BCUT2D eigenvalue weighted by atomic mass is 15.3. The highest BCUT2D eigenvalue weighted by Gasteiger charge is 2.49. The molecule has 0 atom stereocenters. The minimum absolute atomic E-state index is 0.418. The molecule has 0 unspecified atom stereocenters. The van der Waals surface area contributed by atoms with Crippen LogP contribution in [0.15, 0.2) is 0 Å². The lowest BCUT2D eigenvalue weighted by Crippen LogP contribution is -2.64.